The van der Waals surface area contributed by atoms with Gasteiger partial charge in [-0.25, -0.2) is 0 Å². The van der Waals surface area contributed by atoms with Crippen LogP contribution < -0.4 is 0 Å². The van der Waals surface area contributed by atoms with Crippen molar-refractivity contribution in [1.82, 2.24) is 0 Å². The van der Waals surface area contributed by atoms with E-state index in [9.17, 15) is 9.59 Å². The lowest BCUT2D eigenvalue weighted by molar-refractivity contribution is -0.149. The number of hydrogen-bond donors (Lipinski definition) is 0. The summed E-state index contributed by atoms with van der Waals surface area (Å²) in [4.78, 5) is 23.6. The first-order chi connectivity index (χ1) is 15.6. The second kappa shape index (κ2) is 24.1. The first-order valence-corrected chi connectivity index (χ1v) is 13.4. The maximum atomic E-state index is 11.9. The third-order valence-electron chi connectivity index (χ3n) is 5.64. The lowest BCUT2D eigenvalue weighted by Gasteiger charge is -2.13. The standard InChI is InChI=1S/C28H50O4/c1-4-6-8-10-12-13-14-15-16-18-20-25-31-27(29)23-21-24-28(30)32-26(3)22-19-17-11-9-7-5-2/h26H,4-17,19,21-25H2,1-3H3. The van der Waals surface area contributed by atoms with Crippen molar-refractivity contribution in [3.63, 3.8) is 0 Å². The Hall–Kier alpha value is -1.50. The molecule has 0 fully saturated rings. The largest absolute Gasteiger partial charge is 0.463 e. The fraction of sp³-hybridized carbons (Fsp3) is 0.857. The molecule has 0 saturated heterocycles. The van der Waals surface area contributed by atoms with Crippen molar-refractivity contribution in [3.05, 3.63) is 0 Å². The van der Waals surface area contributed by atoms with Gasteiger partial charge in [0.1, 0.15) is 0 Å². The van der Waals surface area contributed by atoms with E-state index in [-0.39, 0.29) is 37.5 Å². The molecule has 0 aliphatic carbocycles. The number of carbonyl (C=O) groups is 2. The van der Waals surface area contributed by atoms with Gasteiger partial charge in [0.25, 0.3) is 0 Å². The van der Waals surface area contributed by atoms with Gasteiger partial charge in [0.2, 0.25) is 0 Å². The molecule has 0 rings (SSSR count). The van der Waals surface area contributed by atoms with E-state index >= 15 is 0 Å². The van der Waals surface area contributed by atoms with E-state index in [2.05, 4.69) is 25.7 Å². The number of rotatable bonds is 21. The Morgan fingerprint density at radius 1 is 0.656 bits per heavy atom. The lowest BCUT2D eigenvalue weighted by atomic mass is 10.1. The van der Waals surface area contributed by atoms with Gasteiger partial charge in [0.05, 0.1) is 6.10 Å². The molecule has 1 unspecified atom stereocenters. The van der Waals surface area contributed by atoms with Crippen LogP contribution in [0.15, 0.2) is 0 Å². The first-order valence-electron chi connectivity index (χ1n) is 13.4. The van der Waals surface area contributed by atoms with Crippen LogP contribution in [0.4, 0.5) is 0 Å². The normalized spacial score (nSPS) is 11.5. The van der Waals surface area contributed by atoms with Crippen LogP contribution in [0.5, 0.6) is 0 Å². The summed E-state index contributed by atoms with van der Waals surface area (Å²) in [5.74, 6) is 5.48. The molecular weight excluding hydrogens is 400 g/mol. The van der Waals surface area contributed by atoms with Gasteiger partial charge in [-0.15, -0.1) is 0 Å². The highest BCUT2D eigenvalue weighted by molar-refractivity contribution is 5.72. The molecule has 0 saturated carbocycles. The Morgan fingerprint density at radius 2 is 1.19 bits per heavy atom. The van der Waals surface area contributed by atoms with Crippen molar-refractivity contribution in [1.29, 1.82) is 0 Å². The third kappa shape index (κ3) is 23.2. The molecule has 4 heteroatoms. The first kappa shape index (κ1) is 30.5. The molecular formula is C28H50O4. The quantitative estimate of drug-likeness (QED) is 0.101. The van der Waals surface area contributed by atoms with E-state index < -0.39 is 0 Å². The van der Waals surface area contributed by atoms with Crippen LogP contribution in [-0.2, 0) is 19.1 Å². The Morgan fingerprint density at radius 3 is 1.81 bits per heavy atom. The van der Waals surface area contributed by atoms with Crippen LogP contribution in [0.25, 0.3) is 0 Å². The summed E-state index contributed by atoms with van der Waals surface area (Å²) < 4.78 is 10.5. The summed E-state index contributed by atoms with van der Waals surface area (Å²) in [6.07, 6.45) is 20.5. The predicted octanol–water partition coefficient (Wildman–Crippen LogP) is 7.92. The minimum Gasteiger partial charge on any atom is -0.463 e. The molecule has 0 heterocycles. The molecule has 0 N–H and O–H groups in total. The monoisotopic (exact) mass is 450 g/mol. The molecule has 32 heavy (non-hydrogen) atoms. The zero-order valence-electron chi connectivity index (χ0n) is 21.4. The highest BCUT2D eigenvalue weighted by atomic mass is 16.5. The molecule has 0 radical (unpaired) electrons. The van der Waals surface area contributed by atoms with E-state index in [0.717, 1.165) is 25.7 Å². The van der Waals surface area contributed by atoms with Crippen LogP contribution in [0.2, 0.25) is 0 Å². The Kier molecular flexibility index (Phi) is 23.0. The summed E-state index contributed by atoms with van der Waals surface area (Å²) >= 11 is 0. The van der Waals surface area contributed by atoms with Crippen molar-refractivity contribution >= 4 is 11.9 Å². The summed E-state index contributed by atoms with van der Waals surface area (Å²) in [5.41, 5.74) is 0. The van der Waals surface area contributed by atoms with Gasteiger partial charge in [0, 0.05) is 19.3 Å². The molecule has 0 aliphatic heterocycles. The highest BCUT2D eigenvalue weighted by Gasteiger charge is 2.11. The van der Waals surface area contributed by atoms with Gasteiger partial charge in [0.15, 0.2) is 6.61 Å². The molecule has 186 valence electrons. The van der Waals surface area contributed by atoms with E-state index in [1.165, 1.54) is 77.0 Å². The van der Waals surface area contributed by atoms with Crippen LogP contribution in [0.1, 0.15) is 143 Å². The Bertz CT molecular complexity index is 503. The number of hydrogen-bond acceptors (Lipinski definition) is 4. The average molecular weight is 451 g/mol. The fourth-order valence-corrected chi connectivity index (χ4v) is 3.61. The number of unbranched alkanes of at least 4 members (excludes halogenated alkanes) is 13. The van der Waals surface area contributed by atoms with E-state index in [0.29, 0.717) is 6.42 Å². The topological polar surface area (TPSA) is 52.6 Å². The van der Waals surface area contributed by atoms with E-state index in [4.69, 9.17) is 9.47 Å². The number of carbonyl (C=O) groups excluding carboxylic acids is 2. The van der Waals surface area contributed by atoms with Gasteiger partial charge < -0.3 is 9.47 Å². The van der Waals surface area contributed by atoms with Crippen molar-refractivity contribution < 1.29 is 19.1 Å². The van der Waals surface area contributed by atoms with Gasteiger partial charge in [-0.05, 0) is 32.6 Å². The Labute approximate surface area is 198 Å². The predicted molar refractivity (Wildman–Crippen MR) is 133 cm³/mol. The van der Waals surface area contributed by atoms with Crippen LogP contribution in [0.3, 0.4) is 0 Å². The van der Waals surface area contributed by atoms with E-state index in [1.807, 2.05) is 6.92 Å². The molecule has 0 spiro atoms. The summed E-state index contributed by atoms with van der Waals surface area (Å²) in [6.45, 7) is 6.56. The molecule has 4 nitrogen and oxygen atoms in total. The second-order valence-electron chi connectivity index (χ2n) is 8.95. The minimum atomic E-state index is -0.292. The fourth-order valence-electron chi connectivity index (χ4n) is 3.61. The van der Waals surface area contributed by atoms with Gasteiger partial charge in [-0.3, -0.25) is 9.59 Å². The van der Waals surface area contributed by atoms with Crippen LogP contribution in [-0.4, -0.2) is 24.6 Å². The zero-order chi connectivity index (χ0) is 23.7. The lowest BCUT2D eigenvalue weighted by Crippen LogP contribution is -2.15. The highest BCUT2D eigenvalue weighted by Crippen LogP contribution is 2.12. The molecule has 0 aromatic rings. The smallest absolute Gasteiger partial charge is 0.306 e. The summed E-state index contributed by atoms with van der Waals surface area (Å²) in [6, 6.07) is 0. The van der Waals surface area contributed by atoms with Crippen molar-refractivity contribution in [2.75, 3.05) is 6.61 Å². The average Bonchev–Trinajstić information content (AvgIpc) is 2.77. The van der Waals surface area contributed by atoms with Crippen molar-refractivity contribution in [3.8, 4) is 11.8 Å². The van der Waals surface area contributed by atoms with E-state index in [1.54, 1.807) is 0 Å². The number of ether oxygens (including phenoxy) is 2. The minimum absolute atomic E-state index is 0.0445. The zero-order valence-corrected chi connectivity index (χ0v) is 21.4. The van der Waals surface area contributed by atoms with Crippen LogP contribution >= 0.6 is 0 Å². The molecule has 1 atom stereocenters. The number of esters is 2. The van der Waals surface area contributed by atoms with Crippen molar-refractivity contribution in [2.45, 2.75) is 149 Å². The third-order valence-corrected chi connectivity index (χ3v) is 5.64. The SMILES string of the molecule is CCCCCCCCCCC#CCOC(=O)CCCC(=O)OC(C)CCCCCCCC. The van der Waals surface area contributed by atoms with Crippen LogP contribution in [0, 0.1) is 11.8 Å². The van der Waals surface area contributed by atoms with Gasteiger partial charge in [-0.1, -0.05) is 103 Å². The van der Waals surface area contributed by atoms with Gasteiger partial charge >= 0.3 is 11.9 Å². The van der Waals surface area contributed by atoms with Gasteiger partial charge in [-0.2, -0.15) is 0 Å². The second-order valence-corrected chi connectivity index (χ2v) is 8.95. The maximum Gasteiger partial charge on any atom is 0.306 e. The molecule has 0 aromatic carbocycles. The summed E-state index contributed by atoms with van der Waals surface area (Å²) in [5, 5.41) is 0. The molecule has 0 aliphatic rings. The summed E-state index contributed by atoms with van der Waals surface area (Å²) in [7, 11) is 0. The van der Waals surface area contributed by atoms with Crippen molar-refractivity contribution in [2.24, 2.45) is 0 Å². The molecule has 0 aromatic heterocycles. The molecule has 0 amide bonds. The maximum absolute atomic E-state index is 11.9. The molecule has 0 bridgehead atoms. The Balaban J connectivity index is 3.53.